The molecule has 3 heterocycles. The normalized spacial score (nSPS) is 26.8. The van der Waals surface area contributed by atoms with Crippen LogP contribution in [0.4, 0.5) is 0 Å². The van der Waals surface area contributed by atoms with Crippen molar-refractivity contribution in [3.8, 4) is 0 Å². The zero-order valence-electron chi connectivity index (χ0n) is 11.4. The molecule has 2 fully saturated rings. The van der Waals surface area contributed by atoms with E-state index in [9.17, 15) is 8.42 Å². The standard InChI is InChI=1S/C13H17BrClN3O2S/c14-9-6-12(13(15)16-8-9)21(19,20)17-10-3-5-18-4-1-2-11(18)7-10/h6,8,10-11,17H,1-5,7H2. The van der Waals surface area contributed by atoms with Gasteiger partial charge in [0.15, 0.2) is 0 Å². The van der Waals surface area contributed by atoms with E-state index < -0.39 is 10.0 Å². The van der Waals surface area contributed by atoms with E-state index in [0.717, 1.165) is 32.4 Å². The SMILES string of the molecule is O=S(=O)(NC1CCN2CCCC2C1)c1cc(Br)cnc1Cl. The van der Waals surface area contributed by atoms with Crippen molar-refractivity contribution in [1.82, 2.24) is 14.6 Å². The average molecular weight is 395 g/mol. The minimum Gasteiger partial charge on any atom is -0.300 e. The van der Waals surface area contributed by atoms with Gasteiger partial charge in [-0.1, -0.05) is 11.6 Å². The molecule has 2 aliphatic rings. The number of nitrogens with one attached hydrogen (secondary N) is 1. The van der Waals surface area contributed by atoms with Gasteiger partial charge < -0.3 is 4.90 Å². The van der Waals surface area contributed by atoms with Crippen LogP contribution in [-0.2, 0) is 10.0 Å². The molecule has 2 saturated heterocycles. The summed E-state index contributed by atoms with van der Waals surface area (Å²) >= 11 is 9.16. The number of nitrogens with zero attached hydrogens (tertiary/aromatic N) is 2. The fraction of sp³-hybridized carbons (Fsp3) is 0.615. The van der Waals surface area contributed by atoms with Crippen LogP contribution in [-0.4, -0.2) is 43.5 Å². The Bertz CT molecular complexity index is 640. The minimum atomic E-state index is -3.63. The number of fused-ring (bicyclic) bond motifs is 1. The molecule has 1 N–H and O–H groups in total. The number of sulfonamides is 1. The van der Waals surface area contributed by atoms with Crippen molar-refractivity contribution in [2.75, 3.05) is 13.1 Å². The fourth-order valence-corrected chi connectivity index (χ4v) is 5.43. The molecule has 0 saturated carbocycles. The van der Waals surface area contributed by atoms with Gasteiger partial charge in [0.1, 0.15) is 10.0 Å². The molecular formula is C13H17BrClN3O2S. The lowest BCUT2D eigenvalue weighted by Crippen LogP contribution is -2.47. The summed E-state index contributed by atoms with van der Waals surface area (Å²) in [5, 5.41) is 0.00371. The maximum atomic E-state index is 12.5. The van der Waals surface area contributed by atoms with E-state index in [-0.39, 0.29) is 16.1 Å². The third-order valence-corrected chi connectivity index (χ3v) is 6.59. The molecule has 2 atom stereocenters. The van der Waals surface area contributed by atoms with E-state index >= 15 is 0 Å². The van der Waals surface area contributed by atoms with Crippen molar-refractivity contribution >= 4 is 37.6 Å². The molecule has 116 valence electrons. The second kappa shape index (κ2) is 6.12. The fourth-order valence-electron chi connectivity index (χ4n) is 3.21. The third kappa shape index (κ3) is 3.42. The largest absolute Gasteiger partial charge is 0.300 e. The Morgan fingerprint density at radius 1 is 1.38 bits per heavy atom. The summed E-state index contributed by atoms with van der Waals surface area (Å²) in [6.07, 6.45) is 5.58. The van der Waals surface area contributed by atoms with Crippen LogP contribution in [0.5, 0.6) is 0 Å². The van der Waals surface area contributed by atoms with Gasteiger partial charge >= 0.3 is 0 Å². The molecule has 0 aromatic carbocycles. The minimum absolute atomic E-state index is 0.00371. The van der Waals surface area contributed by atoms with Gasteiger partial charge in [-0.15, -0.1) is 0 Å². The summed E-state index contributed by atoms with van der Waals surface area (Å²) in [5.74, 6) is 0. The molecule has 3 rings (SSSR count). The van der Waals surface area contributed by atoms with Gasteiger partial charge in [0.05, 0.1) is 0 Å². The lowest BCUT2D eigenvalue weighted by Gasteiger charge is -2.34. The van der Waals surface area contributed by atoms with E-state index in [0.29, 0.717) is 10.5 Å². The van der Waals surface area contributed by atoms with E-state index in [1.807, 2.05) is 0 Å². The highest BCUT2D eigenvalue weighted by atomic mass is 79.9. The topological polar surface area (TPSA) is 62.3 Å². The number of pyridine rings is 1. The maximum absolute atomic E-state index is 12.5. The Labute approximate surface area is 138 Å². The monoisotopic (exact) mass is 393 g/mol. The third-order valence-electron chi connectivity index (χ3n) is 4.21. The Morgan fingerprint density at radius 2 is 2.19 bits per heavy atom. The van der Waals surface area contributed by atoms with E-state index in [1.165, 1.54) is 18.7 Å². The van der Waals surface area contributed by atoms with Crippen LogP contribution in [0.3, 0.4) is 0 Å². The molecule has 1 aromatic heterocycles. The highest BCUT2D eigenvalue weighted by Gasteiger charge is 2.34. The first-order valence-corrected chi connectivity index (χ1v) is 9.68. The molecule has 0 radical (unpaired) electrons. The second-order valence-corrected chi connectivity index (χ2v) is 8.57. The maximum Gasteiger partial charge on any atom is 0.243 e. The van der Waals surface area contributed by atoms with Crippen LogP contribution in [0.25, 0.3) is 0 Å². The molecule has 0 bridgehead atoms. The average Bonchev–Trinajstić information content (AvgIpc) is 2.88. The first-order valence-electron chi connectivity index (χ1n) is 7.03. The van der Waals surface area contributed by atoms with Gasteiger partial charge in [-0.25, -0.2) is 18.1 Å². The highest BCUT2D eigenvalue weighted by molar-refractivity contribution is 9.10. The van der Waals surface area contributed by atoms with Crippen molar-refractivity contribution in [2.24, 2.45) is 0 Å². The van der Waals surface area contributed by atoms with Gasteiger partial charge in [-0.05, 0) is 60.8 Å². The van der Waals surface area contributed by atoms with Crippen LogP contribution in [0.15, 0.2) is 21.6 Å². The summed E-state index contributed by atoms with van der Waals surface area (Å²) in [5.41, 5.74) is 0. The smallest absolute Gasteiger partial charge is 0.243 e. The number of halogens is 2. The highest BCUT2D eigenvalue weighted by Crippen LogP contribution is 2.29. The Balaban J connectivity index is 1.75. The zero-order chi connectivity index (χ0) is 15.0. The Morgan fingerprint density at radius 3 is 3.00 bits per heavy atom. The summed E-state index contributed by atoms with van der Waals surface area (Å²) in [6.45, 7) is 2.10. The van der Waals surface area contributed by atoms with Gasteiger partial charge in [0, 0.05) is 22.8 Å². The first-order chi connectivity index (χ1) is 9.95. The number of rotatable bonds is 3. The zero-order valence-corrected chi connectivity index (χ0v) is 14.6. The van der Waals surface area contributed by atoms with Crippen molar-refractivity contribution in [1.29, 1.82) is 0 Å². The Hall–Kier alpha value is -0.210. The Kier molecular flexibility index (Phi) is 4.57. The van der Waals surface area contributed by atoms with Gasteiger partial charge in [0.25, 0.3) is 0 Å². The lowest BCUT2D eigenvalue weighted by molar-refractivity contribution is 0.176. The summed E-state index contributed by atoms with van der Waals surface area (Å²) < 4.78 is 28.4. The van der Waals surface area contributed by atoms with E-state index in [1.54, 1.807) is 0 Å². The van der Waals surface area contributed by atoms with Crippen molar-refractivity contribution in [3.63, 3.8) is 0 Å². The predicted molar refractivity (Wildman–Crippen MR) is 84.9 cm³/mol. The molecule has 21 heavy (non-hydrogen) atoms. The molecular weight excluding hydrogens is 378 g/mol. The molecule has 8 heteroatoms. The molecule has 0 amide bonds. The van der Waals surface area contributed by atoms with Crippen LogP contribution >= 0.6 is 27.5 Å². The van der Waals surface area contributed by atoms with Crippen LogP contribution in [0.1, 0.15) is 25.7 Å². The molecule has 0 aliphatic carbocycles. The summed E-state index contributed by atoms with van der Waals surface area (Å²) in [6, 6.07) is 1.98. The van der Waals surface area contributed by atoms with Gasteiger partial charge in [0.2, 0.25) is 10.0 Å². The van der Waals surface area contributed by atoms with Gasteiger partial charge in [-0.2, -0.15) is 0 Å². The molecule has 1 aromatic rings. The molecule has 0 spiro atoms. The van der Waals surface area contributed by atoms with Crippen LogP contribution in [0.2, 0.25) is 5.15 Å². The summed E-state index contributed by atoms with van der Waals surface area (Å²) in [7, 11) is -3.63. The van der Waals surface area contributed by atoms with E-state index in [4.69, 9.17) is 11.6 Å². The quantitative estimate of drug-likeness (QED) is 0.800. The first kappa shape index (κ1) is 15.7. The number of piperidine rings is 1. The lowest BCUT2D eigenvalue weighted by atomic mass is 9.99. The van der Waals surface area contributed by atoms with Crippen molar-refractivity contribution in [2.45, 2.75) is 42.7 Å². The number of aromatic nitrogens is 1. The molecule has 2 aliphatic heterocycles. The predicted octanol–water partition coefficient (Wildman–Crippen LogP) is 2.40. The van der Waals surface area contributed by atoms with Crippen molar-refractivity contribution < 1.29 is 8.42 Å². The van der Waals surface area contributed by atoms with E-state index in [2.05, 4.69) is 30.5 Å². The molecule has 2 unspecified atom stereocenters. The van der Waals surface area contributed by atoms with Crippen LogP contribution < -0.4 is 4.72 Å². The number of hydrogen-bond donors (Lipinski definition) is 1. The number of hydrogen-bond acceptors (Lipinski definition) is 4. The van der Waals surface area contributed by atoms with Crippen LogP contribution in [0, 0.1) is 0 Å². The van der Waals surface area contributed by atoms with Gasteiger partial charge in [-0.3, -0.25) is 0 Å². The second-order valence-electron chi connectivity index (χ2n) is 5.62. The molecule has 5 nitrogen and oxygen atoms in total. The van der Waals surface area contributed by atoms with Crippen molar-refractivity contribution in [3.05, 3.63) is 21.9 Å². The summed E-state index contributed by atoms with van der Waals surface area (Å²) in [4.78, 5) is 6.37.